The van der Waals surface area contributed by atoms with Crippen molar-refractivity contribution >= 4 is 29.3 Å². The van der Waals surface area contributed by atoms with Crippen LogP contribution in [-0.4, -0.2) is 60.0 Å². The summed E-state index contributed by atoms with van der Waals surface area (Å²) in [4.78, 5) is 26.4. The zero-order valence-corrected chi connectivity index (χ0v) is 17.7. The number of likely N-dealkylation sites (tertiary alicyclic amines) is 1. The van der Waals surface area contributed by atoms with Crippen LogP contribution in [0.3, 0.4) is 0 Å². The van der Waals surface area contributed by atoms with Crippen molar-refractivity contribution in [1.29, 1.82) is 0 Å². The zero-order chi connectivity index (χ0) is 21.3. The van der Waals surface area contributed by atoms with Crippen LogP contribution < -0.4 is 15.8 Å². The lowest BCUT2D eigenvalue weighted by Crippen LogP contribution is -2.50. The summed E-state index contributed by atoms with van der Waals surface area (Å²) >= 11 is 6.16. The molecule has 160 valence electrons. The van der Waals surface area contributed by atoms with Crippen LogP contribution in [0.2, 0.25) is 5.02 Å². The number of hydrogen-bond donors (Lipinski definition) is 3. The van der Waals surface area contributed by atoms with Crippen molar-refractivity contribution in [2.45, 2.75) is 45.3 Å². The topological polar surface area (TPSA) is 114 Å². The van der Waals surface area contributed by atoms with Crippen LogP contribution >= 0.6 is 11.6 Å². The van der Waals surface area contributed by atoms with Crippen molar-refractivity contribution < 1.29 is 24.2 Å². The lowest BCUT2D eigenvalue weighted by molar-refractivity contribution is -0.0122. The number of rotatable bonds is 3. The lowest BCUT2D eigenvalue weighted by Gasteiger charge is -2.36. The summed E-state index contributed by atoms with van der Waals surface area (Å²) in [7, 11) is 0. The van der Waals surface area contributed by atoms with Crippen LogP contribution in [0, 0.1) is 5.92 Å². The van der Waals surface area contributed by atoms with E-state index in [1.807, 2.05) is 0 Å². The first-order valence-electron chi connectivity index (χ1n) is 9.74. The molecule has 1 aromatic carbocycles. The zero-order valence-electron chi connectivity index (χ0n) is 17.0. The van der Waals surface area contributed by atoms with Crippen LogP contribution in [0.25, 0.3) is 0 Å². The third-order valence-corrected chi connectivity index (χ3v) is 5.43. The first kappa shape index (κ1) is 21.5. The van der Waals surface area contributed by atoms with Crippen LogP contribution in [0.5, 0.6) is 5.75 Å². The number of hydrogen-bond acceptors (Lipinski definition) is 6. The number of amides is 2. The Kier molecular flexibility index (Phi) is 6.14. The molecule has 1 fully saturated rings. The van der Waals surface area contributed by atoms with Gasteiger partial charge >= 0.3 is 6.09 Å². The third-order valence-electron chi connectivity index (χ3n) is 5.11. The fourth-order valence-corrected chi connectivity index (χ4v) is 3.79. The van der Waals surface area contributed by atoms with Gasteiger partial charge in [-0.25, -0.2) is 4.79 Å². The smallest absolute Gasteiger partial charge is 0.410 e. The summed E-state index contributed by atoms with van der Waals surface area (Å²) in [5, 5.41) is 13.6. The molecule has 1 saturated heterocycles. The Hall–Kier alpha value is -2.19. The van der Waals surface area contributed by atoms with E-state index in [1.54, 1.807) is 20.8 Å². The molecule has 4 N–H and O–H groups in total. The number of ether oxygens (including phenoxy) is 2. The monoisotopic (exact) mass is 425 g/mol. The minimum Gasteiger partial charge on any atom is -0.492 e. The number of halogens is 1. The molecule has 0 radical (unpaired) electrons. The van der Waals surface area contributed by atoms with Gasteiger partial charge in [-0.2, -0.15) is 0 Å². The summed E-state index contributed by atoms with van der Waals surface area (Å²) < 4.78 is 10.9. The SMILES string of the molecule is CC(C)(C)OC(=O)N1CC[C@H](CNC(=O)c2cc(Cl)c(N)c3c2OCC3)[C@H](O)C1. The second-order valence-electron chi connectivity index (χ2n) is 8.48. The second kappa shape index (κ2) is 8.28. The van der Waals surface area contributed by atoms with Crippen LogP contribution in [0.4, 0.5) is 10.5 Å². The molecule has 2 atom stereocenters. The first-order chi connectivity index (χ1) is 13.6. The molecular formula is C20H28ClN3O5. The standard InChI is InChI=1S/C20H28ClN3O5/c1-20(2,3)29-19(27)24-6-4-11(15(25)10-24)9-23-18(26)13-8-14(21)16(22)12-5-7-28-17(12)13/h8,11,15,25H,4-7,9-10,22H2,1-3H3,(H,23,26)/t11-,15-/m1/s1. The van der Waals surface area contributed by atoms with Crippen LogP contribution in [0.15, 0.2) is 6.07 Å². The maximum atomic E-state index is 12.7. The summed E-state index contributed by atoms with van der Waals surface area (Å²) in [6, 6.07) is 1.51. The number of nitrogens with zero attached hydrogens (tertiary/aromatic N) is 1. The number of nitrogens with one attached hydrogen (secondary N) is 1. The summed E-state index contributed by atoms with van der Waals surface area (Å²) in [5.74, 6) is -0.0210. The highest BCUT2D eigenvalue weighted by atomic mass is 35.5. The Labute approximate surface area is 175 Å². The molecule has 8 nitrogen and oxygen atoms in total. The quantitative estimate of drug-likeness (QED) is 0.639. The first-order valence-corrected chi connectivity index (χ1v) is 10.1. The van der Waals surface area contributed by atoms with Gasteiger partial charge in [0.15, 0.2) is 0 Å². The van der Waals surface area contributed by atoms with Crippen LogP contribution in [0.1, 0.15) is 43.1 Å². The molecule has 9 heteroatoms. The Morgan fingerprint density at radius 1 is 1.45 bits per heavy atom. The van der Waals surface area contributed by atoms with Gasteiger partial charge in [0.1, 0.15) is 11.4 Å². The van der Waals surface area contributed by atoms with Gasteiger partial charge in [0.25, 0.3) is 5.91 Å². The number of fused-ring (bicyclic) bond motifs is 1. The highest BCUT2D eigenvalue weighted by Crippen LogP contribution is 2.38. The average Bonchev–Trinajstić information content (AvgIpc) is 3.12. The summed E-state index contributed by atoms with van der Waals surface area (Å²) in [5.41, 5.74) is 6.93. The molecule has 0 bridgehead atoms. The van der Waals surface area contributed by atoms with Gasteiger partial charge in [0, 0.05) is 31.0 Å². The Morgan fingerprint density at radius 3 is 2.83 bits per heavy atom. The van der Waals surface area contributed by atoms with Crippen molar-refractivity contribution in [3.05, 3.63) is 22.2 Å². The van der Waals surface area contributed by atoms with Gasteiger partial charge in [-0.1, -0.05) is 11.6 Å². The Morgan fingerprint density at radius 2 is 2.17 bits per heavy atom. The third kappa shape index (κ3) is 4.87. The molecule has 29 heavy (non-hydrogen) atoms. The number of aliphatic hydroxyl groups excluding tert-OH is 1. The van der Waals surface area contributed by atoms with E-state index in [0.29, 0.717) is 48.0 Å². The number of β-amino-alcohol motifs (C(OH)–C–C–N with tert-alkyl or cyclic N) is 1. The van der Waals surface area contributed by atoms with E-state index in [1.165, 1.54) is 11.0 Å². The predicted octanol–water partition coefficient (Wildman–Crippen LogP) is 2.20. The maximum absolute atomic E-state index is 12.7. The van der Waals surface area contributed by atoms with E-state index >= 15 is 0 Å². The lowest BCUT2D eigenvalue weighted by atomic mass is 9.94. The summed E-state index contributed by atoms with van der Waals surface area (Å²) in [6.45, 7) is 6.76. The molecule has 2 aliphatic rings. The molecule has 1 aromatic rings. The number of anilines is 1. The Bertz CT molecular complexity index is 808. The molecule has 0 spiro atoms. The largest absolute Gasteiger partial charge is 0.492 e. The maximum Gasteiger partial charge on any atom is 0.410 e. The molecular weight excluding hydrogens is 398 g/mol. The molecule has 0 aromatic heterocycles. The number of benzene rings is 1. The minimum absolute atomic E-state index is 0.168. The van der Waals surface area contributed by atoms with Gasteiger partial charge in [-0.15, -0.1) is 0 Å². The molecule has 3 rings (SSSR count). The highest BCUT2D eigenvalue weighted by Gasteiger charge is 2.33. The molecule has 2 heterocycles. The van der Waals surface area contributed by atoms with E-state index in [4.69, 9.17) is 26.8 Å². The number of aliphatic hydroxyl groups is 1. The van der Waals surface area contributed by atoms with Crippen molar-refractivity contribution in [2.75, 3.05) is 32.0 Å². The number of piperidine rings is 1. The van der Waals surface area contributed by atoms with E-state index < -0.39 is 17.8 Å². The highest BCUT2D eigenvalue weighted by molar-refractivity contribution is 6.33. The molecule has 0 saturated carbocycles. The number of nitrogen functional groups attached to an aromatic ring is 1. The number of nitrogens with two attached hydrogens (primary N) is 1. The van der Waals surface area contributed by atoms with E-state index in [0.717, 1.165) is 5.56 Å². The minimum atomic E-state index is -0.756. The second-order valence-corrected chi connectivity index (χ2v) is 8.89. The predicted molar refractivity (Wildman–Crippen MR) is 109 cm³/mol. The number of carbonyl (C=O) groups is 2. The molecule has 2 amide bonds. The van der Waals surface area contributed by atoms with Crippen molar-refractivity contribution in [3.63, 3.8) is 0 Å². The van der Waals surface area contributed by atoms with Crippen molar-refractivity contribution in [2.24, 2.45) is 5.92 Å². The molecule has 2 aliphatic heterocycles. The fourth-order valence-electron chi connectivity index (χ4n) is 3.57. The van der Waals surface area contributed by atoms with Gasteiger partial charge < -0.3 is 30.5 Å². The summed E-state index contributed by atoms with van der Waals surface area (Å²) in [6.07, 6.45) is -0.0291. The van der Waals surface area contributed by atoms with E-state index in [-0.39, 0.29) is 24.9 Å². The van der Waals surface area contributed by atoms with Gasteiger partial charge in [0.05, 0.1) is 35.5 Å². The molecule has 0 unspecified atom stereocenters. The fraction of sp³-hybridized carbons (Fsp3) is 0.600. The van der Waals surface area contributed by atoms with Crippen molar-refractivity contribution in [1.82, 2.24) is 10.2 Å². The average molecular weight is 426 g/mol. The van der Waals surface area contributed by atoms with Crippen LogP contribution in [-0.2, 0) is 11.2 Å². The number of carbonyl (C=O) groups excluding carboxylic acids is 2. The van der Waals surface area contributed by atoms with Gasteiger partial charge in [0.2, 0.25) is 0 Å². The molecule has 0 aliphatic carbocycles. The Balaban J connectivity index is 1.58. The van der Waals surface area contributed by atoms with Crippen molar-refractivity contribution in [3.8, 4) is 5.75 Å². The normalized spacial score (nSPS) is 21.3. The van der Waals surface area contributed by atoms with E-state index in [2.05, 4.69) is 5.32 Å². The van der Waals surface area contributed by atoms with Gasteiger partial charge in [-0.05, 0) is 33.3 Å². The van der Waals surface area contributed by atoms with Gasteiger partial charge in [-0.3, -0.25) is 4.79 Å². The van der Waals surface area contributed by atoms with E-state index in [9.17, 15) is 14.7 Å².